The fourth-order valence-electron chi connectivity index (χ4n) is 2.05. The Morgan fingerprint density at radius 3 is 2.52 bits per heavy atom. The molecule has 0 aliphatic carbocycles. The standard InChI is InChI=1S/C17H15ClN4O2S/c1-11(14-7-8-15(18)25-14)21-16(23)22-12-3-5-13(6-4-12)24-17-19-9-2-10-20-17/h2-11H,1H3,(H2,21,22,23). The van der Waals surface area contributed by atoms with Crippen molar-refractivity contribution in [2.45, 2.75) is 13.0 Å². The van der Waals surface area contributed by atoms with Crippen LogP contribution in [0.4, 0.5) is 10.5 Å². The quantitative estimate of drug-likeness (QED) is 0.668. The Kier molecular flexibility index (Phi) is 5.47. The molecule has 1 aromatic carbocycles. The highest BCUT2D eigenvalue weighted by molar-refractivity contribution is 7.16. The van der Waals surface area contributed by atoms with Gasteiger partial charge in [0.05, 0.1) is 10.4 Å². The summed E-state index contributed by atoms with van der Waals surface area (Å²) >= 11 is 7.35. The van der Waals surface area contributed by atoms with E-state index in [0.29, 0.717) is 15.8 Å². The van der Waals surface area contributed by atoms with Crippen LogP contribution in [0.15, 0.2) is 54.9 Å². The van der Waals surface area contributed by atoms with Gasteiger partial charge in [-0.05, 0) is 49.4 Å². The first-order valence-corrected chi connectivity index (χ1v) is 8.67. The van der Waals surface area contributed by atoms with Gasteiger partial charge in [-0.3, -0.25) is 0 Å². The first kappa shape index (κ1) is 17.2. The van der Waals surface area contributed by atoms with E-state index in [9.17, 15) is 4.79 Å². The van der Waals surface area contributed by atoms with Crippen molar-refractivity contribution in [1.29, 1.82) is 0 Å². The van der Waals surface area contributed by atoms with Crippen molar-refractivity contribution in [2.24, 2.45) is 0 Å². The van der Waals surface area contributed by atoms with Gasteiger partial charge in [0, 0.05) is 23.0 Å². The number of halogens is 1. The largest absolute Gasteiger partial charge is 0.424 e. The van der Waals surface area contributed by atoms with Crippen molar-refractivity contribution < 1.29 is 9.53 Å². The van der Waals surface area contributed by atoms with Crippen molar-refractivity contribution in [2.75, 3.05) is 5.32 Å². The lowest BCUT2D eigenvalue weighted by molar-refractivity contribution is 0.249. The molecule has 3 rings (SSSR count). The summed E-state index contributed by atoms with van der Waals surface area (Å²) < 4.78 is 6.20. The molecule has 2 N–H and O–H groups in total. The molecule has 0 saturated carbocycles. The van der Waals surface area contributed by atoms with Crippen LogP contribution in [0, 0.1) is 0 Å². The molecular weight excluding hydrogens is 360 g/mol. The Morgan fingerprint density at radius 2 is 1.88 bits per heavy atom. The first-order valence-electron chi connectivity index (χ1n) is 7.48. The van der Waals surface area contributed by atoms with Gasteiger partial charge >= 0.3 is 12.0 Å². The maximum Gasteiger partial charge on any atom is 0.321 e. The molecule has 0 bridgehead atoms. The summed E-state index contributed by atoms with van der Waals surface area (Å²) in [6.45, 7) is 1.90. The van der Waals surface area contributed by atoms with E-state index in [1.54, 1.807) is 42.7 Å². The zero-order valence-corrected chi connectivity index (χ0v) is 14.8. The Hall–Kier alpha value is -2.64. The van der Waals surface area contributed by atoms with E-state index in [0.717, 1.165) is 4.88 Å². The molecule has 2 amide bonds. The van der Waals surface area contributed by atoms with Crippen LogP contribution in [0.1, 0.15) is 17.8 Å². The number of rotatable bonds is 5. The summed E-state index contributed by atoms with van der Waals surface area (Å²) in [5, 5.41) is 5.64. The highest BCUT2D eigenvalue weighted by atomic mass is 35.5. The number of urea groups is 1. The molecule has 0 saturated heterocycles. The lowest BCUT2D eigenvalue weighted by atomic mass is 10.3. The van der Waals surface area contributed by atoms with Crippen LogP contribution in [0.25, 0.3) is 0 Å². The van der Waals surface area contributed by atoms with E-state index in [1.165, 1.54) is 11.3 Å². The molecule has 3 aromatic rings. The molecule has 2 aromatic heterocycles. The van der Waals surface area contributed by atoms with Crippen molar-refractivity contribution in [3.8, 4) is 11.8 Å². The third-order valence-electron chi connectivity index (χ3n) is 3.23. The number of hydrogen-bond donors (Lipinski definition) is 2. The molecule has 0 radical (unpaired) electrons. The summed E-state index contributed by atoms with van der Waals surface area (Å²) in [5.74, 6) is 0.582. The number of ether oxygens (including phenoxy) is 1. The molecular formula is C17H15ClN4O2S. The number of nitrogens with one attached hydrogen (secondary N) is 2. The number of aromatic nitrogens is 2. The predicted molar refractivity (Wildman–Crippen MR) is 98.4 cm³/mol. The number of anilines is 1. The van der Waals surface area contributed by atoms with E-state index >= 15 is 0 Å². The van der Waals surface area contributed by atoms with Crippen LogP contribution < -0.4 is 15.4 Å². The Morgan fingerprint density at radius 1 is 1.16 bits per heavy atom. The number of nitrogens with zero attached hydrogens (tertiary/aromatic N) is 2. The number of benzene rings is 1. The predicted octanol–water partition coefficient (Wildman–Crippen LogP) is 4.87. The fraction of sp³-hybridized carbons (Fsp3) is 0.118. The summed E-state index contributed by atoms with van der Waals surface area (Å²) in [6.07, 6.45) is 3.20. The second kappa shape index (κ2) is 7.96. The third kappa shape index (κ3) is 4.91. The topological polar surface area (TPSA) is 76.1 Å². The van der Waals surface area contributed by atoms with E-state index in [4.69, 9.17) is 16.3 Å². The average Bonchev–Trinajstić information content (AvgIpc) is 3.04. The van der Waals surface area contributed by atoms with Crippen LogP contribution >= 0.6 is 22.9 Å². The zero-order valence-electron chi connectivity index (χ0n) is 13.3. The van der Waals surface area contributed by atoms with Gasteiger partial charge in [0.15, 0.2) is 0 Å². The second-order valence-electron chi connectivity index (χ2n) is 5.12. The molecule has 8 heteroatoms. The minimum absolute atomic E-state index is 0.129. The van der Waals surface area contributed by atoms with Gasteiger partial charge < -0.3 is 15.4 Å². The van der Waals surface area contributed by atoms with Crippen molar-refractivity contribution >= 4 is 34.7 Å². The van der Waals surface area contributed by atoms with Crippen LogP contribution in [-0.2, 0) is 0 Å². The molecule has 0 aliphatic rings. The normalized spacial score (nSPS) is 11.6. The molecule has 0 spiro atoms. The molecule has 0 aliphatic heterocycles. The van der Waals surface area contributed by atoms with Crippen LogP contribution in [0.2, 0.25) is 4.34 Å². The van der Waals surface area contributed by atoms with Crippen molar-refractivity contribution in [3.05, 3.63) is 64.1 Å². The van der Waals surface area contributed by atoms with Crippen molar-refractivity contribution in [1.82, 2.24) is 15.3 Å². The van der Waals surface area contributed by atoms with Gasteiger partial charge in [0.1, 0.15) is 5.75 Å². The highest BCUT2D eigenvalue weighted by Crippen LogP contribution is 2.26. The Labute approximate surface area is 153 Å². The van der Waals surface area contributed by atoms with E-state index in [-0.39, 0.29) is 18.1 Å². The van der Waals surface area contributed by atoms with Gasteiger partial charge in [-0.25, -0.2) is 14.8 Å². The van der Waals surface area contributed by atoms with Gasteiger partial charge in [0.25, 0.3) is 0 Å². The maximum atomic E-state index is 12.1. The molecule has 2 heterocycles. The van der Waals surface area contributed by atoms with Gasteiger partial charge in [-0.1, -0.05) is 11.6 Å². The number of thiophene rings is 1. The van der Waals surface area contributed by atoms with Gasteiger partial charge in [-0.2, -0.15) is 0 Å². The number of carbonyl (C=O) groups is 1. The lowest BCUT2D eigenvalue weighted by Crippen LogP contribution is -2.30. The molecule has 25 heavy (non-hydrogen) atoms. The Balaban J connectivity index is 1.55. The molecule has 6 nitrogen and oxygen atoms in total. The fourth-order valence-corrected chi connectivity index (χ4v) is 3.11. The molecule has 1 atom stereocenters. The van der Waals surface area contributed by atoms with Crippen molar-refractivity contribution in [3.63, 3.8) is 0 Å². The van der Waals surface area contributed by atoms with E-state index in [1.807, 2.05) is 19.1 Å². The van der Waals surface area contributed by atoms with Gasteiger partial charge in [-0.15, -0.1) is 11.3 Å². The summed E-state index contributed by atoms with van der Waals surface area (Å²) in [5.41, 5.74) is 0.648. The summed E-state index contributed by atoms with van der Waals surface area (Å²) in [6, 6.07) is 12.2. The molecule has 0 fully saturated rings. The molecule has 1 unspecified atom stereocenters. The monoisotopic (exact) mass is 374 g/mol. The summed E-state index contributed by atoms with van der Waals surface area (Å²) in [7, 11) is 0. The Bertz CT molecular complexity index is 839. The van der Waals surface area contributed by atoms with E-state index < -0.39 is 0 Å². The summed E-state index contributed by atoms with van der Waals surface area (Å²) in [4.78, 5) is 21.0. The zero-order chi connectivity index (χ0) is 17.6. The maximum absolute atomic E-state index is 12.1. The first-order chi connectivity index (χ1) is 12.1. The highest BCUT2D eigenvalue weighted by Gasteiger charge is 2.11. The smallest absolute Gasteiger partial charge is 0.321 e. The SMILES string of the molecule is CC(NC(=O)Nc1ccc(Oc2ncccn2)cc1)c1ccc(Cl)s1. The van der Waals surface area contributed by atoms with Gasteiger partial charge in [0.2, 0.25) is 0 Å². The van der Waals surface area contributed by atoms with E-state index in [2.05, 4.69) is 20.6 Å². The third-order valence-corrected chi connectivity index (χ3v) is 4.65. The lowest BCUT2D eigenvalue weighted by Gasteiger charge is -2.13. The van der Waals surface area contributed by atoms with Crippen LogP contribution in [0.5, 0.6) is 11.8 Å². The average molecular weight is 375 g/mol. The number of amides is 2. The van der Waals surface area contributed by atoms with Crippen LogP contribution in [0.3, 0.4) is 0 Å². The minimum atomic E-state index is -0.294. The minimum Gasteiger partial charge on any atom is -0.424 e. The second-order valence-corrected chi connectivity index (χ2v) is 6.87. The number of hydrogen-bond acceptors (Lipinski definition) is 5. The number of carbonyl (C=O) groups excluding carboxylic acids is 1. The van der Waals surface area contributed by atoms with Crippen LogP contribution in [-0.4, -0.2) is 16.0 Å². The molecule has 128 valence electrons.